The number of hydrogen-bond acceptors (Lipinski definition) is 4. The van der Waals surface area contributed by atoms with Gasteiger partial charge in [-0.25, -0.2) is 4.98 Å². The second-order valence-corrected chi connectivity index (χ2v) is 7.62. The van der Waals surface area contributed by atoms with Gasteiger partial charge in [-0.3, -0.25) is 4.79 Å². The third-order valence-corrected chi connectivity index (χ3v) is 5.98. The smallest absolute Gasteiger partial charge is 0.223 e. The van der Waals surface area contributed by atoms with Gasteiger partial charge in [0.15, 0.2) is 0 Å². The van der Waals surface area contributed by atoms with E-state index in [2.05, 4.69) is 48.7 Å². The highest BCUT2D eigenvalue weighted by Gasteiger charge is 2.24. The van der Waals surface area contributed by atoms with Gasteiger partial charge in [0, 0.05) is 11.5 Å². The van der Waals surface area contributed by atoms with Crippen molar-refractivity contribution in [3.05, 3.63) is 40.4 Å². The van der Waals surface area contributed by atoms with E-state index in [1.165, 1.54) is 5.56 Å². The van der Waals surface area contributed by atoms with Gasteiger partial charge in [0.1, 0.15) is 5.01 Å². The van der Waals surface area contributed by atoms with Gasteiger partial charge in [0.05, 0.1) is 16.6 Å². The lowest BCUT2D eigenvalue weighted by Crippen LogP contribution is -2.39. The molecule has 1 saturated heterocycles. The van der Waals surface area contributed by atoms with Crippen LogP contribution in [-0.4, -0.2) is 24.0 Å². The van der Waals surface area contributed by atoms with Crippen LogP contribution in [0.3, 0.4) is 0 Å². The van der Waals surface area contributed by atoms with E-state index in [9.17, 15) is 4.79 Å². The van der Waals surface area contributed by atoms with Crippen LogP contribution in [-0.2, 0) is 4.79 Å². The number of carbonyl (C=O) groups is 1. The molecule has 1 aromatic carbocycles. The second-order valence-electron chi connectivity index (χ2n) is 6.59. The van der Waals surface area contributed by atoms with Crippen LogP contribution >= 0.6 is 23.7 Å². The molecule has 1 unspecified atom stereocenters. The molecule has 1 aliphatic heterocycles. The molecule has 0 saturated carbocycles. The first-order valence-electron chi connectivity index (χ1n) is 8.60. The lowest BCUT2D eigenvalue weighted by molar-refractivity contribution is -0.126. The third kappa shape index (κ3) is 4.81. The number of amides is 1. The van der Waals surface area contributed by atoms with Crippen molar-refractivity contribution in [2.75, 3.05) is 13.1 Å². The minimum atomic E-state index is 0. The van der Waals surface area contributed by atoms with E-state index in [1.807, 2.05) is 6.92 Å². The highest BCUT2D eigenvalue weighted by atomic mass is 35.5. The fourth-order valence-corrected chi connectivity index (χ4v) is 4.18. The zero-order valence-corrected chi connectivity index (χ0v) is 16.6. The molecule has 2 heterocycles. The van der Waals surface area contributed by atoms with Gasteiger partial charge in [-0.05, 0) is 46.7 Å². The number of nitrogens with one attached hydrogen (secondary N) is 2. The summed E-state index contributed by atoms with van der Waals surface area (Å²) in [4.78, 5) is 18.3. The summed E-state index contributed by atoms with van der Waals surface area (Å²) in [5.41, 5.74) is 3.39. The number of aromatic nitrogens is 1. The average molecular weight is 380 g/mol. The maximum absolute atomic E-state index is 12.5. The number of rotatable bonds is 4. The molecule has 2 N–H and O–H groups in total. The average Bonchev–Trinajstić information content (AvgIpc) is 2.98. The van der Waals surface area contributed by atoms with Crippen LogP contribution in [0.2, 0.25) is 0 Å². The Hall–Kier alpha value is -1.43. The van der Waals surface area contributed by atoms with Crippen molar-refractivity contribution in [2.24, 2.45) is 5.92 Å². The van der Waals surface area contributed by atoms with Gasteiger partial charge in [-0.2, -0.15) is 0 Å². The highest BCUT2D eigenvalue weighted by molar-refractivity contribution is 7.15. The molecule has 0 radical (unpaired) electrons. The van der Waals surface area contributed by atoms with Crippen molar-refractivity contribution < 1.29 is 4.79 Å². The fraction of sp³-hybridized carbons (Fsp3) is 0.474. The summed E-state index contributed by atoms with van der Waals surface area (Å²) < 4.78 is 0. The molecule has 1 atom stereocenters. The van der Waals surface area contributed by atoms with Crippen molar-refractivity contribution in [3.63, 3.8) is 0 Å². The molecule has 4 nitrogen and oxygen atoms in total. The van der Waals surface area contributed by atoms with E-state index >= 15 is 0 Å². The van der Waals surface area contributed by atoms with Crippen LogP contribution in [0.1, 0.15) is 41.9 Å². The van der Waals surface area contributed by atoms with E-state index in [4.69, 9.17) is 4.98 Å². The summed E-state index contributed by atoms with van der Waals surface area (Å²) in [5, 5.41) is 7.50. The number of aryl methyl sites for hydroxylation is 2. The number of hydrogen-bond donors (Lipinski definition) is 2. The Bertz CT molecular complexity index is 708. The van der Waals surface area contributed by atoms with Gasteiger partial charge in [0.2, 0.25) is 5.91 Å². The van der Waals surface area contributed by atoms with Gasteiger partial charge in [0.25, 0.3) is 0 Å². The van der Waals surface area contributed by atoms with Crippen LogP contribution < -0.4 is 10.6 Å². The predicted octanol–water partition coefficient (Wildman–Crippen LogP) is 4.03. The molecule has 1 aliphatic rings. The molecular weight excluding hydrogens is 354 g/mol. The topological polar surface area (TPSA) is 54.0 Å². The van der Waals surface area contributed by atoms with Crippen molar-refractivity contribution in [3.8, 4) is 10.6 Å². The number of benzene rings is 1. The SMILES string of the molecule is Cc1ccc(-c2nc(C)c(C(C)NC(=O)C3CCNCC3)s2)cc1.Cl. The normalized spacial score (nSPS) is 16.1. The summed E-state index contributed by atoms with van der Waals surface area (Å²) in [6.45, 7) is 8.03. The van der Waals surface area contributed by atoms with Gasteiger partial charge in [-0.15, -0.1) is 23.7 Å². The summed E-state index contributed by atoms with van der Waals surface area (Å²) in [5.74, 6) is 0.312. The number of thiazole rings is 1. The van der Waals surface area contributed by atoms with Crippen molar-refractivity contribution in [2.45, 2.75) is 39.7 Å². The lowest BCUT2D eigenvalue weighted by Gasteiger charge is -2.23. The monoisotopic (exact) mass is 379 g/mol. The second kappa shape index (κ2) is 8.79. The maximum atomic E-state index is 12.5. The molecule has 2 aromatic rings. The van der Waals surface area contributed by atoms with E-state index in [-0.39, 0.29) is 30.3 Å². The van der Waals surface area contributed by atoms with Crippen LogP contribution in [0.4, 0.5) is 0 Å². The van der Waals surface area contributed by atoms with Gasteiger partial charge < -0.3 is 10.6 Å². The summed E-state index contributed by atoms with van der Waals surface area (Å²) in [6, 6.07) is 8.43. The Morgan fingerprint density at radius 1 is 1.24 bits per heavy atom. The zero-order chi connectivity index (χ0) is 17.1. The first-order valence-corrected chi connectivity index (χ1v) is 9.41. The molecule has 1 amide bonds. The van der Waals surface area contributed by atoms with Crippen LogP contribution in [0, 0.1) is 19.8 Å². The molecule has 0 bridgehead atoms. The molecule has 25 heavy (non-hydrogen) atoms. The van der Waals surface area contributed by atoms with Crippen LogP contribution in [0.25, 0.3) is 10.6 Å². The number of piperidine rings is 1. The first-order chi connectivity index (χ1) is 11.5. The Labute approximate surface area is 159 Å². The predicted molar refractivity (Wildman–Crippen MR) is 106 cm³/mol. The Balaban J connectivity index is 0.00000225. The molecule has 0 aliphatic carbocycles. The first kappa shape index (κ1) is 19.9. The highest BCUT2D eigenvalue weighted by Crippen LogP contribution is 2.32. The Morgan fingerprint density at radius 2 is 1.88 bits per heavy atom. The maximum Gasteiger partial charge on any atom is 0.223 e. The molecule has 1 fully saturated rings. The number of carbonyl (C=O) groups excluding carboxylic acids is 1. The number of halogens is 1. The van der Waals surface area contributed by atoms with E-state index in [1.54, 1.807) is 11.3 Å². The van der Waals surface area contributed by atoms with Crippen molar-refractivity contribution in [1.82, 2.24) is 15.6 Å². The minimum Gasteiger partial charge on any atom is -0.348 e. The quantitative estimate of drug-likeness (QED) is 0.843. The summed E-state index contributed by atoms with van der Waals surface area (Å²) >= 11 is 1.68. The van der Waals surface area contributed by atoms with Crippen LogP contribution in [0.5, 0.6) is 0 Å². The molecule has 136 valence electrons. The Kier molecular flexibility index (Phi) is 6.99. The Morgan fingerprint density at radius 3 is 2.52 bits per heavy atom. The van der Waals surface area contributed by atoms with Gasteiger partial charge in [-0.1, -0.05) is 29.8 Å². The largest absolute Gasteiger partial charge is 0.348 e. The van der Waals surface area contributed by atoms with Crippen LogP contribution in [0.15, 0.2) is 24.3 Å². The number of nitrogens with zero attached hydrogens (tertiary/aromatic N) is 1. The van der Waals surface area contributed by atoms with E-state index < -0.39 is 0 Å². The molecule has 1 aromatic heterocycles. The lowest BCUT2D eigenvalue weighted by atomic mass is 9.97. The zero-order valence-electron chi connectivity index (χ0n) is 15.0. The molecular formula is C19H26ClN3OS. The third-order valence-electron chi connectivity index (χ3n) is 4.59. The molecule has 0 spiro atoms. The molecule has 3 rings (SSSR count). The van der Waals surface area contributed by atoms with Crippen molar-refractivity contribution in [1.29, 1.82) is 0 Å². The van der Waals surface area contributed by atoms with E-state index in [0.717, 1.165) is 47.1 Å². The van der Waals surface area contributed by atoms with E-state index in [0.29, 0.717) is 0 Å². The fourth-order valence-electron chi connectivity index (χ4n) is 3.11. The summed E-state index contributed by atoms with van der Waals surface area (Å²) in [6.07, 6.45) is 1.85. The summed E-state index contributed by atoms with van der Waals surface area (Å²) in [7, 11) is 0. The standard InChI is InChI=1S/C19H25N3OS.ClH/c1-12-4-6-16(7-5-12)19-22-14(3)17(24-19)13(2)21-18(23)15-8-10-20-11-9-15;/h4-7,13,15,20H,8-11H2,1-3H3,(H,21,23);1H. The van der Waals surface area contributed by atoms with Crippen molar-refractivity contribution >= 4 is 29.7 Å². The molecule has 6 heteroatoms. The minimum absolute atomic E-state index is 0. The van der Waals surface area contributed by atoms with Gasteiger partial charge >= 0.3 is 0 Å².